The van der Waals surface area contributed by atoms with Gasteiger partial charge in [-0.1, -0.05) is 105 Å². The van der Waals surface area contributed by atoms with Crippen molar-refractivity contribution in [2.75, 3.05) is 13.2 Å². The molecule has 10 heteroatoms. The summed E-state index contributed by atoms with van der Waals surface area (Å²) in [5.74, 6) is -0.0297. The van der Waals surface area contributed by atoms with Crippen LogP contribution in [0.3, 0.4) is 0 Å². The summed E-state index contributed by atoms with van der Waals surface area (Å²) in [7, 11) is -9.70. The SMILES string of the molecule is CCCCCCCOc1ccc(C(C)C)cc1S(=O)(=O)C(=[N+]=[N-])S(=O)(=O)c1cc(C(C)C)ccc1OCCCCCCC. The van der Waals surface area contributed by atoms with Gasteiger partial charge in [0.25, 0.3) is 19.7 Å². The van der Waals surface area contributed by atoms with Crippen molar-refractivity contribution in [3.63, 3.8) is 0 Å². The standard InChI is InChI=1S/C33H50N2O6S2/c1-7-9-11-13-15-21-40-29-19-17-27(25(3)4)23-31(29)42(36,37)33(35-34)43(38,39)32-24-28(26(5)6)18-20-30(32)41-22-16-14-12-10-8-2/h17-20,23-26H,7-16,21-22H2,1-6H3. The van der Waals surface area contributed by atoms with Crippen molar-refractivity contribution < 1.29 is 31.1 Å². The van der Waals surface area contributed by atoms with Crippen molar-refractivity contribution in [2.24, 2.45) is 0 Å². The van der Waals surface area contributed by atoms with Crippen molar-refractivity contribution in [1.82, 2.24) is 0 Å². The van der Waals surface area contributed by atoms with Crippen LogP contribution in [0.15, 0.2) is 46.2 Å². The third kappa shape index (κ3) is 10.2. The molecule has 2 aromatic rings. The van der Waals surface area contributed by atoms with Gasteiger partial charge >= 0.3 is 4.38 Å². The molecule has 0 fully saturated rings. The number of sulfone groups is 2. The number of rotatable bonds is 18. The number of hydrogen-bond donors (Lipinski definition) is 0. The number of unbranched alkanes of at least 4 members (excludes halogenated alkanes) is 8. The molecule has 0 N–H and O–H groups in total. The van der Waals surface area contributed by atoms with Crippen molar-refractivity contribution >= 4 is 24.1 Å². The molecule has 0 saturated heterocycles. The predicted octanol–water partition coefficient (Wildman–Crippen LogP) is 8.47. The fourth-order valence-electron chi connectivity index (χ4n) is 4.64. The van der Waals surface area contributed by atoms with E-state index in [0.717, 1.165) is 64.2 Å². The highest BCUT2D eigenvalue weighted by Crippen LogP contribution is 2.35. The molecule has 0 aromatic heterocycles. The van der Waals surface area contributed by atoms with Crippen LogP contribution in [0.5, 0.6) is 11.5 Å². The maximum Gasteiger partial charge on any atom is 0.504 e. The lowest BCUT2D eigenvalue weighted by Crippen LogP contribution is -2.27. The van der Waals surface area contributed by atoms with Crippen LogP contribution in [0.1, 0.15) is 129 Å². The van der Waals surface area contributed by atoms with Crippen molar-refractivity contribution in [2.45, 2.75) is 127 Å². The Balaban J connectivity index is 2.53. The van der Waals surface area contributed by atoms with Crippen LogP contribution in [-0.2, 0) is 19.7 Å². The van der Waals surface area contributed by atoms with E-state index >= 15 is 0 Å². The highest BCUT2D eigenvalue weighted by Gasteiger charge is 2.47. The normalized spacial score (nSPS) is 12.0. The summed E-state index contributed by atoms with van der Waals surface area (Å²) in [4.78, 5) is 2.21. The lowest BCUT2D eigenvalue weighted by Gasteiger charge is -2.15. The molecule has 0 aliphatic carbocycles. The van der Waals surface area contributed by atoms with Gasteiger partial charge in [-0.2, -0.15) is 0 Å². The van der Waals surface area contributed by atoms with Gasteiger partial charge in [0.15, 0.2) is 0 Å². The smallest absolute Gasteiger partial charge is 0.492 e. The van der Waals surface area contributed by atoms with Gasteiger partial charge in [-0.15, -0.1) is 4.79 Å². The summed E-state index contributed by atoms with van der Waals surface area (Å²) in [6.07, 6.45) is 9.85. The second kappa shape index (κ2) is 17.6. The Morgan fingerprint density at radius 2 is 1.02 bits per heavy atom. The van der Waals surface area contributed by atoms with E-state index in [4.69, 9.17) is 9.47 Å². The quantitative estimate of drug-likeness (QED) is 0.0533. The summed E-state index contributed by atoms with van der Waals surface area (Å²) in [6, 6.07) is 9.43. The van der Waals surface area contributed by atoms with Gasteiger partial charge in [-0.05, 0) is 60.1 Å². The molecule has 0 aliphatic rings. The second-order valence-electron chi connectivity index (χ2n) is 11.6. The maximum atomic E-state index is 14.1. The molecule has 43 heavy (non-hydrogen) atoms. The van der Waals surface area contributed by atoms with Crippen LogP contribution in [0, 0.1) is 0 Å². The molecular formula is C33H50N2O6S2. The Labute approximate surface area is 259 Å². The second-order valence-corrected chi connectivity index (χ2v) is 15.5. The zero-order valence-electron chi connectivity index (χ0n) is 26.8. The van der Waals surface area contributed by atoms with E-state index in [1.165, 1.54) is 12.1 Å². The molecule has 240 valence electrons. The monoisotopic (exact) mass is 634 g/mol. The number of ether oxygens (including phenoxy) is 2. The molecule has 0 amide bonds. The van der Waals surface area contributed by atoms with Gasteiger partial charge in [-0.25, -0.2) is 16.8 Å². The van der Waals surface area contributed by atoms with E-state index in [1.807, 2.05) is 27.7 Å². The third-order valence-electron chi connectivity index (χ3n) is 7.40. The fourth-order valence-corrected chi connectivity index (χ4v) is 8.29. The lowest BCUT2D eigenvalue weighted by atomic mass is 10.0. The number of hydrogen-bond acceptors (Lipinski definition) is 6. The number of benzene rings is 2. The summed E-state index contributed by atoms with van der Waals surface area (Å²) in [6.45, 7) is 12.4. The molecule has 0 aliphatic heterocycles. The zero-order chi connectivity index (χ0) is 32.0. The van der Waals surface area contributed by atoms with Crippen LogP contribution in [0.2, 0.25) is 0 Å². The zero-order valence-corrected chi connectivity index (χ0v) is 28.4. The first-order chi connectivity index (χ1) is 20.4. The van der Waals surface area contributed by atoms with E-state index in [-0.39, 0.29) is 46.3 Å². The van der Waals surface area contributed by atoms with Crippen molar-refractivity contribution in [3.05, 3.63) is 53.1 Å². The predicted molar refractivity (Wildman–Crippen MR) is 173 cm³/mol. The van der Waals surface area contributed by atoms with E-state index in [0.29, 0.717) is 11.1 Å². The average molecular weight is 635 g/mol. The Kier molecular flexibility index (Phi) is 14.9. The van der Waals surface area contributed by atoms with Gasteiger partial charge in [0.05, 0.1) is 13.2 Å². The molecule has 2 rings (SSSR count). The molecule has 0 spiro atoms. The molecule has 0 saturated carbocycles. The molecule has 0 radical (unpaired) electrons. The first kappa shape index (κ1) is 36.5. The lowest BCUT2D eigenvalue weighted by molar-refractivity contribution is 0.00377. The van der Waals surface area contributed by atoms with Crippen molar-refractivity contribution in [1.29, 1.82) is 0 Å². The molecular weight excluding hydrogens is 585 g/mol. The van der Waals surface area contributed by atoms with Crippen LogP contribution in [0.25, 0.3) is 5.53 Å². The minimum absolute atomic E-state index is 0.0238. The Hall–Kier alpha value is -2.68. The van der Waals surface area contributed by atoms with Crippen molar-refractivity contribution in [3.8, 4) is 11.5 Å². The highest BCUT2D eigenvalue weighted by atomic mass is 32.3. The average Bonchev–Trinajstić information content (AvgIpc) is 2.96. The first-order valence-electron chi connectivity index (χ1n) is 15.7. The molecule has 0 bridgehead atoms. The Morgan fingerprint density at radius 1 is 0.651 bits per heavy atom. The summed E-state index contributed by atoms with van der Waals surface area (Å²) in [5.41, 5.74) is 11.4. The van der Waals surface area contributed by atoms with Crippen LogP contribution >= 0.6 is 0 Å². The van der Waals surface area contributed by atoms with Crippen LogP contribution in [-0.4, -0.2) is 39.2 Å². The first-order valence-corrected chi connectivity index (χ1v) is 18.6. The number of nitrogens with zero attached hydrogens (tertiary/aromatic N) is 2. The molecule has 8 nitrogen and oxygen atoms in total. The summed E-state index contributed by atoms with van der Waals surface area (Å²) < 4.78 is 66.6. The van der Waals surface area contributed by atoms with E-state index < -0.39 is 24.1 Å². The maximum absolute atomic E-state index is 14.1. The Bertz CT molecular complexity index is 1340. The largest absolute Gasteiger partial charge is 0.504 e. The minimum Gasteiger partial charge on any atom is -0.492 e. The van der Waals surface area contributed by atoms with Crippen LogP contribution in [0.4, 0.5) is 0 Å². The highest BCUT2D eigenvalue weighted by molar-refractivity contribution is 8.31. The molecule has 0 unspecified atom stereocenters. The summed E-state index contributed by atoms with van der Waals surface area (Å²) in [5, 5.41) is 0. The van der Waals surface area contributed by atoms with Gasteiger partial charge in [0, 0.05) is 0 Å². The summed E-state index contributed by atoms with van der Waals surface area (Å²) >= 11 is 0. The Morgan fingerprint density at radius 3 is 1.35 bits per heavy atom. The molecule has 2 aromatic carbocycles. The van der Waals surface area contributed by atoms with Gasteiger partial charge < -0.3 is 15.0 Å². The topological polar surface area (TPSA) is 123 Å². The molecule has 0 atom stereocenters. The van der Waals surface area contributed by atoms with E-state index in [9.17, 15) is 22.4 Å². The van der Waals surface area contributed by atoms with Crippen LogP contribution < -0.4 is 9.47 Å². The van der Waals surface area contributed by atoms with Gasteiger partial charge in [-0.3, -0.25) is 0 Å². The van der Waals surface area contributed by atoms with E-state index in [1.54, 1.807) is 24.3 Å². The van der Waals surface area contributed by atoms with Gasteiger partial charge in [0.1, 0.15) is 21.3 Å². The fraction of sp³-hybridized carbons (Fsp3) is 0.606. The third-order valence-corrected chi connectivity index (χ3v) is 11.6. The van der Waals surface area contributed by atoms with Gasteiger partial charge in [0.2, 0.25) is 0 Å². The minimum atomic E-state index is -4.85. The van der Waals surface area contributed by atoms with E-state index in [2.05, 4.69) is 18.6 Å². The molecule has 0 heterocycles.